The van der Waals surface area contributed by atoms with Gasteiger partial charge in [-0.2, -0.15) is 0 Å². The molecule has 0 radical (unpaired) electrons. The zero-order valence-corrected chi connectivity index (χ0v) is 19.0. The van der Waals surface area contributed by atoms with E-state index in [4.69, 9.17) is 0 Å². The van der Waals surface area contributed by atoms with Crippen molar-refractivity contribution in [1.29, 1.82) is 0 Å². The fourth-order valence-corrected chi connectivity index (χ4v) is 3.83. The minimum Gasteiger partial charge on any atom is -0.494 e. The van der Waals surface area contributed by atoms with E-state index in [0.29, 0.717) is 18.8 Å². The number of hydrogen-bond donors (Lipinski definition) is 1. The molecule has 0 aliphatic rings. The number of benzene rings is 1. The Morgan fingerprint density at radius 2 is 1.73 bits per heavy atom. The molecule has 0 saturated carbocycles. The third-order valence-electron chi connectivity index (χ3n) is 5.02. The largest absolute Gasteiger partial charge is 0.494 e. The zero-order chi connectivity index (χ0) is 22.6. The second kappa shape index (κ2) is 9.80. The molecule has 0 fully saturated rings. The first-order valence-corrected chi connectivity index (χ1v) is 10.7. The Hall–Kier alpha value is -2.81. The van der Waals surface area contributed by atoms with Crippen LogP contribution in [-0.4, -0.2) is 48.9 Å². The van der Waals surface area contributed by atoms with Crippen LogP contribution in [0.25, 0.3) is 0 Å². The van der Waals surface area contributed by atoms with E-state index in [2.05, 4.69) is 4.99 Å². The van der Waals surface area contributed by atoms with Gasteiger partial charge >= 0.3 is 5.69 Å². The van der Waals surface area contributed by atoms with Gasteiger partial charge in [-0.25, -0.2) is 9.79 Å². The molecule has 9 heteroatoms. The molecule has 1 N–H and O–H groups in total. The van der Waals surface area contributed by atoms with Crippen molar-refractivity contribution < 1.29 is 9.90 Å². The predicted molar refractivity (Wildman–Crippen MR) is 121 cm³/mol. The lowest BCUT2D eigenvalue weighted by Gasteiger charge is -2.19. The first kappa shape index (κ1) is 23.5. The van der Waals surface area contributed by atoms with Crippen LogP contribution in [0.5, 0.6) is 5.88 Å². The van der Waals surface area contributed by atoms with E-state index in [-0.39, 0.29) is 22.3 Å². The van der Waals surface area contributed by atoms with Gasteiger partial charge in [0.05, 0.1) is 11.4 Å². The Morgan fingerprint density at radius 1 is 1.10 bits per heavy atom. The summed E-state index contributed by atoms with van der Waals surface area (Å²) >= 11 is 1.07. The number of aromatic nitrogens is 2. The third-order valence-corrected chi connectivity index (χ3v) is 5.98. The molecule has 0 spiro atoms. The number of thioether (sulfide) groups is 1. The third kappa shape index (κ3) is 4.84. The van der Waals surface area contributed by atoms with E-state index < -0.39 is 17.1 Å². The second-order valence-corrected chi connectivity index (χ2v) is 7.91. The van der Waals surface area contributed by atoms with Gasteiger partial charge in [0.2, 0.25) is 11.8 Å². The maximum Gasteiger partial charge on any atom is 0.333 e. The number of nitrogens with zero attached hydrogens (tertiary/aromatic N) is 4. The van der Waals surface area contributed by atoms with Crippen LogP contribution >= 0.6 is 11.8 Å². The van der Waals surface area contributed by atoms with Gasteiger partial charge in [0.25, 0.3) is 5.56 Å². The van der Waals surface area contributed by atoms with E-state index in [1.54, 1.807) is 11.0 Å². The lowest BCUT2D eigenvalue weighted by atomic mass is 10.1. The van der Waals surface area contributed by atoms with E-state index in [1.165, 1.54) is 14.1 Å². The van der Waals surface area contributed by atoms with Gasteiger partial charge in [-0.05, 0) is 51.0 Å². The lowest BCUT2D eigenvalue weighted by Crippen LogP contribution is -2.40. The van der Waals surface area contributed by atoms with Crippen molar-refractivity contribution in [3.05, 3.63) is 55.7 Å². The maximum absolute atomic E-state index is 12.8. The quantitative estimate of drug-likeness (QED) is 0.557. The van der Waals surface area contributed by atoms with Crippen molar-refractivity contribution in [1.82, 2.24) is 14.0 Å². The minimum atomic E-state index is -0.666. The van der Waals surface area contributed by atoms with Crippen molar-refractivity contribution in [2.45, 2.75) is 27.7 Å². The molecule has 0 aliphatic heterocycles. The van der Waals surface area contributed by atoms with Crippen molar-refractivity contribution in [3.63, 3.8) is 0 Å². The van der Waals surface area contributed by atoms with Gasteiger partial charge in [0.15, 0.2) is 0 Å². The predicted octanol–water partition coefficient (Wildman–Crippen LogP) is 2.09. The standard InChI is InChI=1S/C21H28N4O4S/c1-7-25(8-2)16(26)12-30-18(22-15-10-9-13(3)14(4)11-15)17-19(27)23(5)21(29)24(6)20(17)28/h9-11,27H,7-8,12H2,1-6H3. The number of aromatic hydroxyl groups is 1. The fourth-order valence-electron chi connectivity index (χ4n) is 2.89. The van der Waals surface area contributed by atoms with Gasteiger partial charge in [0, 0.05) is 27.2 Å². The first-order valence-electron chi connectivity index (χ1n) is 9.68. The number of hydrogen-bond acceptors (Lipinski definition) is 6. The van der Waals surface area contributed by atoms with Crippen LogP contribution in [0.4, 0.5) is 5.69 Å². The molecule has 8 nitrogen and oxygen atoms in total. The summed E-state index contributed by atoms with van der Waals surface area (Å²) in [6.45, 7) is 8.87. The molecule has 2 aromatic rings. The number of carbonyl (C=O) groups excluding carboxylic acids is 1. The average Bonchev–Trinajstić information content (AvgIpc) is 2.72. The number of aryl methyl sites for hydroxylation is 2. The van der Waals surface area contributed by atoms with E-state index in [0.717, 1.165) is 32.0 Å². The molecule has 1 heterocycles. The molecular formula is C21H28N4O4S. The Morgan fingerprint density at radius 3 is 2.30 bits per heavy atom. The molecule has 1 amide bonds. The molecule has 162 valence electrons. The van der Waals surface area contributed by atoms with Gasteiger partial charge in [-0.1, -0.05) is 17.8 Å². The van der Waals surface area contributed by atoms with Crippen LogP contribution in [0, 0.1) is 13.8 Å². The Kier molecular flexibility index (Phi) is 7.66. The fraction of sp³-hybridized carbons (Fsp3) is 0.429. The Balaban J connectivity index is 2.62. The van der Waals surface area contributed by atoms with Crippen LogP contribution in [0.3, 0.4) is 0 Å². The number of amides is 1. The normalized spacial score (nSPS) is 11.6. The topological polar surface area (TPSA) is 96.9 Å². The molecule has 0 bridgehead atoms. The second-order valence-electron chi connectivity index (χ2n) is 6.94. The molecule has 0 saturated heterocycles. The number of rotatable bonds is 6. The molecular weight excluding hydrogens is 404 g/mol. The molecule has 1 aromatic heterocycles. The molecule has 2 rings (SSSR count). The average molecular weight is 433 g/mol. The number of carbonyl (C=O) groups is 1. The van der Waals surface area contributed by atoms with Crippen molar-refractivity contribution >= 4 is 28.4 Å². The van der Waals surface area contributed by atoms with Crippen molar-refractivity contribution in [3.8, 4) is 5.88 Å². The summed E-state index contributed by atoms with van der Waals surface area (Å²) in [5.74, 6) is -0.524. The lowest BCUT2D eigenvalue weighted by molar-refractivity contribution is -0.127. The van der Waals surface area contributed by atoms with Crippen LogP contribution in [0.2, 0.25) is 0 Å². The summed E-state index contributed by atoms with van der Waals surface area (Å²) in [6.07, 6.45) is 0. The van der Waals surface area contributed by atoms with Crippen LogP contribution < -0.4 is 11.2 Å². The highest BCUT2D eigenvalue weighted by Gasteiger charge is 2.22. The smallest absolute Gasteiger partial charge is 0.333 e. The maximum atomic E-state index is 12.8. The van der Waals surface area contributed by atoms with Gasteiger partial charge < -0.3 is 10.0 Å². The van der Waals surface area contributed by atoms with Crippen LogP contribution in [0.15, 0.2) is 32.8 Å². The summed E-state index contributed by atoms with van der Waals surface area (Å²) in [6, 6.07) is 5.58. The van der Waals surface area contributed by atoms with E-state index in [9.17, 15) is 19.5 Å². The summed E-state index contributed by atoms with van der Waals surface area (Å²) in [5, 5.41) is 10.7. The van der Waals surface area contributed by atoms with Gasteiger partial charge in [-0.3, -0.25) is 18.7 Å². The summed E-state index contributed by atoms with van der Waals surface area (Å²) in [7, 11) is 2.72. The van der Waals surface area contributed by atoms with Crippen LogP contribution in [-0.2, 0) is 18.9 Å². The Labute approximate surface area is 179 Å². The highest BCUT2D eigenvalue weighted by atomic mass is 32.2. The highest BCUT2D eigenvalue weighted by Crippen LogP contribution is 2.24. The highest BCUT2D eigenvalue weighted by molar-refractivity contribution is 8.15. The van der Waals surface area contributed by atoms with Crippen molar-refractivity contribution in [2.24, 2.45) is 19.1 Å². The monoisotopic (exact) mass is 432 g/mol. The molecule has 30 heavy (non-hydrogen) atoms. The summed E-state index contributed by atoms with van der Waals surface area (Å²) < 4.78 is 1.90. The van der Waals surface area contributed by atoms with E-state index >= 15 is 0 Å². The first-order chi connectivity index (χ1) is 14.1. The SMILES string of the molecule is CCN(CC)C(=O)CSC(=Nc1ccc(C)c(C)c1)c1c(O)n(C)c(=O)n(C)c1=O. The molecule has 0 unspecified atom stereocenters. The zero-order valence-electron chi connectivity index (χ0n) is 18.2. The van der Waals surface area contributed by atoms with E-state index in [1.807, 2.05) is 39.8 Å². The summed E-state index contributed by atoms with van der Waals surface area (Å²) in [5.41, 5.74) is 1.30. The molecule has 0 aliphatic carbocycles. The van der Waals surface area contributed by atoms with Crippen molar-refractivity contribution in [2.75, 3.05) is 18.8 Å². The Bertz CT molecular complexity index is 1100. The number of aliphatic imine (C=N–C) groups is 1. The van der Waals surface area contributed by atoms with Crippen LogP contribution in [0.1, 0.15) is 30.5 Å². The molecule has 0 atom stereocenters. The van der Waals surface area contributed by atoms with Gasteiger partial charge in [0.1, 0.15) is 10.6 Å². The van der Waals surface area contributed by atoms with Gasteiger partial charge in [-0.15, -0.1) is 0 Å². The molecule has 1 aromatic carbocycles. The minimum absolute atomic E-state index is 0.0524. The summed E-state index contributed by atoms with van der Waals surface area (Å²) in [4.78, 5) is 43.7.